The van der Waals surface area contributed by atoms with Gasteiger partial charge in [-0.2, -0.15) is 0 Å². The summed E-state index contributed by atoms with van der Waals surface area (Å²) in [7, 11) is -0.388. The van der Waals surface area contributed by atoms with Crippen molar-refractivity contribution >= 4 is 34.5 Å². The van der Waals surface area contributed by atoms with E-state index < -0.39 is 0 Å². The predicted molar refractivity (Wildman–Crippen MR) is 104 cm³/mol. The Labute approximate surface area is 147 Å². The van der Waals surface area contributed by atoms with Gasteiger partial charge in [0.25, 0.3) is 0 Å². The van der Waals surface area contributed by atoms with Crippen LogP contribution in [0.5, 0.6) is 5.75 Å². The van der Waals surface area contributed by atoms with Gasteiger partial charge in [-0.1, -0.05) is 76.6 Å². The van der Waals surface area contributed by atoms with Gasteiger partial charge in [-0.05, 0) is 42.8 Å². The third-order valence-electron chi connectivity index (χ3n) is 3.53. The van der Waals surface area contributed by atoms with Crippen molar-refractivity contribution in [2.24, 2.45) is 0 Å². The Bertz CT molecular complexity index is 674. The topological polar surface area (TPSA) is 9.23 Å². The Balaban J connectivity index is 1.71. The highest BCUT2D eigenvalue weighted by molar-refractivity contribution is 9.10. The fraction of sp³-hybridized carbons (Fsp3) is 0.100. The summed E-state index contributed by atoms with van der Waals surface area (Å²) in [4.78, 5) is 0. The summed E-state index contributed by atoms with van der Waals surface area (Å²) >= 11 is 3.45. The van der Waals surface area contributed by atoms with Crippen LogP contribution in [0.3, 0.4) is 0 Å². The van der Waals surface area contributed by atoms with Crippen LogP contribution in [0.1, 0.15) is 0 Å². The second kappa shape index (κ2) is 8.29. The molecule has 0 bridgehead atoms. The molecule has 3 heteroatoms. The van der Waals surface area contributed by atoms with E-state index in [0.717, 1.165) is 23.0 Å². The van der Waals surface area contributed by atoms with Gasteiger partial charge >= 0.3 is 0 Å². The van der Waals surface area contributed by atoms with Crippen LogP contribution in [-0.2, 0) is 0 Å². The van der Waals surface area contributed by atoms with E-state index in [1.165, 1.54) is 10.6 Å². The van der Waals surface area contributed by atoms with Crippen molar-refractivity contribution < 1.29 is 4.74 Å². The quantitative estimate of drug-likeness (QED) is 0.545. The summed E-state index contributed by atoms with van der Waals surface area (Å²) in [5.74, 6) is 0.921. The molecule has 23 heavy (non-hydrogen) atoms. The van der Waals surface area contributed by atoms with Crippen molar-refractivity contribution in [3.05, 3.63) is 89.4 Å². The van der Waals surface area contributed by atoms with Crippen molar-refractivity contribution in [2.45, 2.75) is 0 Å². The molecule has 0 saturated carbocycles. The highest BCUT2D eigenvalue weighted by Crippen LogP contribution is 2.33. The van der Waals surface area contributed by atoms with E-state index >= 15 is 0 Å². The molecule has 0 aliphatic carbocycles. The summed E-state index contributed by atoms with van der Waals surface area (Å²) in [5, 5.41) is 2.79. The SMILES string of the molecule is Brc1ccc(OCCP(c2ccccc2)c2ccccc2)cc1. The predicted octanol–water partition coefficient (Wildman–Crippen LogP) is 4.96. The Morgan fingerprint density at radius 3 is 1.74 bits per heavy atom. The molecule has 0 aromatic heterocycles. The van der Waals surface area contributed by atoms with Gasteiger partial charge in [-0.3, -0.25) is 0 Å². The van der Waals surface area contributed by atoms with Crippen LogP contribution < -0.4 is 15.3 Å². The van der Waals surface area contributed by atoms with Crippen LogP contribution in [0.15, 0.2) is 89.4 Å². The molecule has 0 amide bonds. The first-order valence-electron chi connectivity index (χ1n) is 7.59. The first kappa shape index (κ1) is 16.2. The maximum atomic E-state index is 5.93. The number of hydrogen-bond acceptors (Lipinski definition) is 1. The maximum Gasteiger partial charge on any atom is 0.119 e. The molecule has 3 rings (SSSR count). The summed E-state index contributed by atoms with van der Waals surface area (Å²) in [6.45, 7) is 0.719. The molecule has 1 nitrogen and oxygen atoms in total. The van der Waals surface area contributed by atoms with Gasteiger partial charge in [0.1, 0.15) is 5.75 Å². The lowest BCUT2D eigenvalue weighted by Gasteiger charge is -2.19. The molecule has 0 N–H and O–H groups in total. The first-order chi connectivity index (χ1) is 11.3. The maximum absolute atomic E-state index is 5.93. The fourth-order valence-electron chi connectivity index (χ4n) is 2.41. The smallest absolute Gasteiger partial charge is 0.119 e. The summed E-state index contributed by atoms with van der Waals surface area (Å²) < 4.78 is 7.00. The summed E-state index contributed by atoms with van der Waals surface area (Å²) in [5.41, 5.74) is 0. The number of ether oxygens (including phenoxy) is 1. The number of benzene rings is 3. The highest BCUT2D eigenvalue weighted by atomic mass is 79.9. The Morgan fingerprint density at radius 2 is 1.22 bits per heavy atom. The zero-order valence-electron chi connectivity index (χ0n) is 12.7. The van der Waals surface area contributed by atoms with Gasteiger partial charge < -0.3 is 4.74 Å². The number of hydrogen-bond donors (Lipinski definition) is 0. The molecule has 0 saturated heterocycles. The van der Waals surface area contributed by atoms with Crippen LogP contribution >= 0.6 is 23.9 Å². The molecule has 0 spiro atoms. The monoisotopic (exact) mass is 384 g/mol. The summed E-state index contributed by atoms with van der Waals surface area (Å²) in [6.07, 6.45) is 1.01. The molecular formula is C20H18BrOP. The van der Waals surface area contributed by atoms with Gasteiger partial charge in [0.15, 0.2) is 0 Å². The lowest BCUT2D eigenvalue weighted by molar-refractivity contribution is 0.343. The first-order valence-corrected chi connectivity index (χ1v) is 9.91. The minimum atomic E-state index is -0.388. The van der Waals surface area contributed by atoms with Gasteiger partial charge in [0.05, 0.1) is 6.61 Å². The van der Waals surface area contributed by atoms with Gasteiger partial charge in [0, 0.05) is 10.6 Å². The lowest BCUT2D eigenvalue weighted by atomic mass is 10.3. The second-order valence-electron chi connectivity index (χ2n) is 5.13. The molecule has 0 radical (unpaired) electrons. The zero-order valence-corrected chi connectivity index (χ0v) is 15.2. The molecule has 0 aliphatic heterocycles. The molecule has 0 heterocycles. The Hall–Kier alpha value is -1.63. The number of rotatable bonds is 6. The minimum absolute atomic E-state index is 0.388. The molecule has 3 aromatic rings. The molecule has 0 fully saturated rings. The van der Waals surface area contributed by atoms with Crippen LogP contribution in [0, 0.1) is 0 Å². The Morgan fingerprint density at radius 1 is 0.696 bits per heavy atom. The van der Waals surface area contributed by atoms with E-state index in [0.29, 0.717) is 0 Å². The standard InChI is InChI=1S/C20H18BrOP/c21-17-11-13-18(14-12-17)22-15-16-23(19-7-3-1-4-8-19)20-9-5-2-6-10-20/h1-14H,15-16H2. The fourth-order valence-corrected chi connectivity index (χ4v) is 4.83. The average molecular weight is 385 g/mol. The normalized spacial score (nSPS) is 10.7. The van der Waals surface area contributed by atoms with Crippen molar-refractivity contribution in [3.63, 3.8) is 0 Å². The van der Waals surface area contributed by atoms with Crippen molar-refractivity contribution in [1.29, 1.82) is 0 Å². The lowest BCUT2D eigenvalue weighted by Crippen LogP contribution is -2.17. The molecule has 3 aromatic carbocycles. The molecule has 0 unspecified atom stereocenters. The second-order valence-corrected chi connectivity index (χ2v) is 8.38. The molecule has 0 atom stereocenters. The van der Waals surface area contributed by atoms with Crippen LogP contribution in [0.4, 0.5) is 0 Å². The van der Waals surface area contributed by atoms with Crippen LogP contribution in [0.25, 0.3) is 0 Å². The minimum Gasteiger partial charge on any atom is -0.493 e. The van der Waals surface area contributed by atoms with Gasteiger partial charge in [-0.15, -0.1) is 0 Å². The van der Waals surface area contributed by atoms with Crippen molar-refractivity contribution in [1.82, 2.24) is 0 Å². The third kappa shape index (κ3) is 4.67. The zero-order chi connectivity index (χ0) is 15.9. The van der Waals surface area contributed by atoms with E-state index in [4.69, 9.17) is 4.74 Å². The van der Waals surface area contributed by atoms with Crippen LogP contribution in [-0.4, -0.2) is 12.8 Å². The van der Waals surface area contributed by atoms with Gasteiger partial charge in [-0.25, -0.2) is 0 Å². The molecule has 116 valence electrons. The van der Waals surface area contributed by atoms with E-state index in [1.807, 2.05) is 24.3 Å². The van der Waals surface area contributed by atoms with Crippen molar-refractivity contribution in [2.75, 3.05) is 12.8 Å². The molecule has 0 aliphatic rings. The van der Waals surface area contributed by atoms with Crippen LogP contribution in [0.2, 0.25) is 0 Å². The highest BCUT2D eigenvalue weighted by Gasteiger charge is 2.13. The Kier molecular flexibility index (Phi) is 5.85. The summed E-state index contributed by atoms with van der Waals surface area (Å²) in [6, 6.07) is 29.5. The molecular weight excluding hydrogens is 367 g/mol. The van der Waals surface area contributed by atoms with Crippen molar-refractivity contribution in [3.8, 4) is 5.75 Å². The average Bonchev–Trinajstić information content (AvgIpc) is 2.62. The third-order valence-corrected chi connectivity index (χ3v) is 6.53. The van der Waals surface area contributed by atoms with E-state index in [1.54, 1.807) is 0 Å². The number of halogens is 1. The largest absolute Gasteiger partial charge is 0.493 e. The van der Waals surface area contributed by atoms with Gasteiger partial charge in [0.2, 0.25) is 0 Å². The van der Waals surface area contributed by atoms with E-state index in [9.17, 15) is 0 Å². The van der Waals surface area contributed by atoms with E-state index in [2.05, 4.69) is 76.6 Å². The van der Waals surface area contributed by atoms with E-state index in [-0.39, 0.29) is 7.92 Å².